The lowest BCUT2D eigenvalue weighted by Gasteiger charge is -2.30. The minimum atomic E-state index is -3.95. The predicted octanol–water partition coefficient (Wildman–Crippen LogP) is 5.64. The van der Waals surface area contributed by atoms with Crippen molar-refractivity contribution in [2.24, 2.45) is 11.8 Å². The van der Waals surface area contributed by atoms with Crippen LogP contribution in [0.25, 0.3) is 22.2 Å². The molecule has 5 amide bonds. The molecule has 6 rings (SSSR count). The lowest BCUT2D eigenvalue weighted by molar-refractivity contribution is -0.142. The highest BCUT2D eigenvalue weighted by Crippen LogP contribution is 2.41. The van der Waals surface area contributed by atoms with Crippen molar-refractivity contribution in [2.75, 3.05) is 20.2 Å². The van der Waals surface area contributed by atoms with Crippen molar-refractivity contribution in [3.63, 3.8) is 0 Å². The van der Waals surface area contributed by atoms with Gasteiger partial charge in [0.05, 0.1) is 30.1 Å². The van der Waals surface area contributed by atoms with Crippen molar-refractivity contribution in [1.82, 2.24) is 24.8 Å². The third kappa shape index (κ3) is 9.67. The summed E-state index contributed by atoms with van der Waals surface area (Å²) in [6, 6.07) is 14.3. The summed E-state index contributed by atoms with van der Waals surface area (Å²) in [6.07, 6.45) is 0.888. The van der Waals surface area contributed by atoms with E-state index in [-0.39, 0.29) is 43.7 Å². The maximum Gasteiger partial charge on any atom is 0.407 e. The molecule has 0 radical (unpaired) electrons. The molecule has 2 aliphatic carbocycles. The number of carbonyl (C=O) groups is 4. The number of carbonyl (C=O) groups excluding carboxylic acids is 4. The van der Waals surface area contributed by atoms with Crippen LogP contribution in [-0.4, -0.2) is 96.4 Å². The minimum absolute atomic E-state index is 0.0199. The molecular formula is C40H51N5O9S. The second kappa shape index (κ2) is 16.0. The molecule has 1 aliphatic heterocycles. The highest BCUT2D eigenvalue weighted by Gasteiger charge is 2.52. The van der Waals surface area contributed by atoms with Crippen LogP contribution in [-0.2, 0) is 24.3 Å². The summed E-state index contributed by atoms with van der Waals surface area (Å²) >= 11 is 0. The lowest BCUT2D eigenvalue weighted by Crippen LogP contribution is -2.55. The minimum Gasteiger partial charge on any atom is -0.497 e. The number of methoxy groups -OCH3 is 1. The summed E-state index contributed by atoms with van der Waals surface area (Å²) in [4.78, 5) is 62.1. The maximum absolute atomic E-state index is 14.6. The van der Waals surface area contributed by atoms with Gasteiger partial charge in [0.15, 0.2) is 0 Å². The van der Waals surface area contributed by atoms with E-state index in [1.165, 1.54) is 4.90 Å². The van der Waals surface area contributed by atoms with E-state index in [0.717, 1.165) is 10.5 Å². The number of imide groups is 1. The zero-order valence-electron chi connectivity index (χ0n) is 32.2. The van der Waals surface area contributed by atoms with Crippen molar-refractivity contribution in [1.29, 1.82) is 0 Å². The van der Waals surface area contributed by atoms with Gasteiger partial charge in [0.25, 0.3) is 5.91 Å². The van der Waals surface area contributed by atoms with Gasteiger partial charge in [-0.25, -0.2) is 27.7 Å². The number of benzene rings is 2. The molecular weight excluding hydrogens is 727 g/mol. The summed E-state index contributed by atoms with van der Waals surface area (Å²) in [6.45, 7) is 9.20. The third-order valence-electron chi connectivity index (χ3n) is 10.1. The van der Waals surface area contributed by atoms with Gasteiger partial charge in [-0.05, 0) is 64.0 Å². The van der Waals surface area contributed by atoms with Gasteiger partial charge in [-0.15, -0.1) is 0 Å². The summed E-state index contributed by atoms with van der Waals surface area (Å²) in [5.41, 5.74) is 1.45. The molecule has 55 heavy (non-hydrogen) atoms. The van der Waals surface area contributed by atoms with Crippen molar-refractivity contribution >= 4 is 44.9 Å². The maximum atomic E-state index is 14.6. The zero-order valence-corrected chi connectivity index (χ0v) is 33.1. The first-order valence-corrected chi connectivity index (χ1v) is 20.5. The second-order valence-electron chi connectivity index (χ2n) is 15.8. The molecule has 15 heteroatoms. The molecule has 1 saturated heterocycles. The largest absolute Gasteiger partial charge is 0.497 e. The summed E-state index contributed by atoms with van der Waals surface area (Å²) in [5.74, 6) is -0.234. The number of pyridine rings is 1. The quantitative estimate of drug-likeness (QED) is 0.221. The Kier molecular flexibility index (Phi) is 11.6. The van der Waals surface area contributed by atoms with Gasteiger partial charge in [0, 0.05) is 48.5 Å². The third-order valence-corrected chi connectivity index (χ3v) is 11.9. The van der Waals surface area contributed by atoms with Crippen LogP contribution in [0.3, 0.4) is 0 Å². The van der Waals surface area contributed by atoms with E-state index in [2.05, 4.69) is 10.0 Å². The molecule has 1 aromatic heterocycles. The first-order valence-electron chi connectivity index (χ1n) is 18.9. The van der Waals surface area contributed by atoms with Crippen molar-refractivity contribution in [3.05, 3.63) is 54.6 Å². The molecule has 2 aromatic carbocycles. The van der Waals surface area contributed by atoms with Crippen LogP contribution < -0.4 is 19.5 Å². The molecule has 5 atom stereocenters. The SMILES string of the molecule is CCC1CC1N(C(=O)NS(=O)(=O)C1CC1)C(=O)C1CC(Oc2cc(-c3ccccc3)nc3cc(OC)ccc23)CN1C(=O)CC(C)CNC(=O)OC(C)(C)C. The number of hydrogen-bond acceptors (Lipinski definition) is 10. The molecule has 2 N–H and O–H groups in total. The average Bonchev–Trinajstić information content (AvgIpc) is 4.07. The highest BCUT2D eigenvalue weighted by molar-refractivity contribution is 7.90. The smallest absolute Gasteiger partial charge is 0.407 e. The number of likely N-dealkylation sites (tertiary alicyclic amines) is 1. The van der Waals surface area contributed by atoms with Crippen LogP contribution in [0.2, 0.25) is 0 Å². The van der Waals surface area contributed by atoms with Crippen LogP contribution in [0.4, 0.5) is 9.59 Å². The number of ether oxygens (including phenoxy) is 3. The van der Waals surface area contributed by atoms with E-state index < -0.39 is 57.1 Å². The molecule has 3 aromatic rings. The van der Waals surface area contributed by atoms with Crippen molar-refractivity contribution in [2.45, 2.75) is 102 Å². The molecule has 296 valence electrons. The number of rotatable bonds is 13. The van der Waals surface area contributed by atoms with E-state index in [1.54, 1.807) is 40.9 Å². The highest BCUT2D eigenvalue weighted by atomic mass is 32.2. The number of alkyl carbamates (subject to hydrolysis) is 1. The van der Waals surface area contributed by atoms with E-state index in [1.807, 2.05) is 55.5 Å². The van der Waals surface area contributed by atoms with Crippen LogP contribution in [0, 0.1) is 11.8 Å². The van der Waals surface area contributed by atoms with Gasteiger partial charge in [-0.3, -0.25) is 14.5 Å². The Balaban J connectivity index is 1.29. The fraction of sp³-hybridized carbons (Fsp3) is 0.525. The Morgan fingerprint density at radius 2 is 1.76 bits per heavy atom. The Hall–Kier alpha value is -4.92. The van der Waals surface area contributed by atoms with Crippen LogP contribution in [0.5, 0.6) is 11.5 Å². The fourth-order valence-corrected chi connectivity index (χ4v) is 8.25. The van der Waals surface area contributed by atoms with Gasteiger partial charge in [-0.1, -0.05) is 50.6 Å². The van der Waals surface area contributed by atoms with Gasteiger partial charge in [0.1, 0.15) is 29.2 Å². The Morgan fingerprint density at radius 1 is 1.04 bits per heavy atom. The number of amides is 5. The normalized spacial score (nSPS) is 21.4. The number of fused-ring (bicyclic) bond motifs is 1. The molecule has 14 nitrogen and oxygen atoms in total. The first-order chi connectivity index (χ1) is 26.1. The van der Waals surface area contributed by atoms with Gasteiger partial charge < -0.3 is 24.4 Å². The van der Waals surface area contributed by atoms with Gasteiger partial charge in [0.2, 0.25) is 15.9 Å². The molecule has 2 saturated carbocycles. The van der Waals surface area contributed by atoms with E-state index in [9.17, 15) is 27.6 Å². The standard InChI is InChI=1S/C40H51N5O9S/c1-7-25-18-33(25)45(38(48)43-55(50,51)29-14-15-29)37(47)34-20-28(23-44(34)36(46)17-24(2)22-41-39(49)54-40(3,4)5)53-35-21-31(26-11-9-8-10-12-26)42-32-19-27(52-6)13-16-30(32)35/h8-13,16,19,21,24-25,28-29,33-34H,7,14-15,17-18,20,22-23H2,1-6H3,(H,41,49)(H,43,48). The van der Waals surface area contributed by atoms with Crippen LogP contribution in [0.15, 0.2) is 54.6 Å². The average molecular weight is 778 g/mol. The van der Waals surface area contributed by atoms with E-state index in [4.69, 9.17) is 19.2 Å². The number of nitrogens with zero attached hydrogens (tertiary/aromatic N) is 3. The molecule has 3 fully saturated rings. The van der Waals surface area contributed by atoms with E-state index in [0.29, 0.717) is 53.8 Å². The Morgan fingerprint density at radius 3 is 2.40 bits per heavy atom. The summed E-state index contributed by atoms with van der Waals surface area (Å²) in [5, 5.41) is 2.74. The number of hydrogen-bond donors (Lipinski definition) is 2. The Labute approximate surface area is 322 Å². The molecule has 2 heterocycles. The number of aromatic nitrogens is 1. The fourth-order valence-electron chi connectivity index (χ4n) is 6.98. The second-order valence-corrected chi connectivity index (χ2v) is 17.8. The summed E-state index contributed by atoms with van der Waals surface area (Å²) in [7, 11) is -2.38. The monoisotopic (exact) mass is 777 g/mol. The van der Waals surface area contributed by atoms with Crippen LogP contribution >= 0.6 is 0 Å². The van der Waals surface area contributed by atoms with Gasteiger partial charge >= 0.3 is 12.1 Å². The number of nitrogens with one attached hydrogen (secondary N) is 2. The molecule has 3 aliphatic rings. The predicted molar refractivity (Wildman–Crippen MR) is 206 cm³/mol. The first kappa shape index (κ1) is 39.8. The van der Waals surface area contributed by atoms with Crippen LogP contribution in [0.1, 0.15) is 73.1 Å². The number of urea groups is 1. The Bertz CT molecular complexity index is 2030. The molecule has 5 unspecified atom stereocenters. The van der Waals surface area contributed by atoms with E-state index >= 15 is 0 Å². The summed E-state index contributed by atoms with van der Waals surface area (Å²) < 4.78 is 45.3. The lowest BCUT2D eigenvalue weighted by atomic mass is 10.1. The molecule has 0 spiro atoms. The molecule has 0 bridgehead atoms. The topological polar surface area (TPSA) is 174 Å². The van der Waals surface area contributed by atoms with Crippen molar-refractivity contribution in [3.8, 4) is 22.8 Å². The zero-order chi connectivity index (χ0) is 39.7. The number of sulfonamides is 1. The van der Waals surface area contributed by atoms with Crippen molar-refractivity contribution < 1.29 is 41.8 Å². The van der Waals surface area contributed by atoms with Gasteiger partial charge in [-0.2, -0.15) is 0 Å².